The zero-order chi connectivity index (χ0) is 13.7. The molecule has 0 amide bonds. The third-order valence-electron chi connectivity index (χ3n) is 3.34. The molecular weight excluding hydrogens is 228 g/mol. The van der Waals surface area contributed by atoms with E-state index >= 15 is 0 Å². The molecule has 0 fully saturated rings. The minimum atomic E-state index is -1.64. The number of aldehydes is 1. The van der Waals surface area contributed by atoms with Gasteiger partial charge in [0, 0.05) is 19.3 Å². The van der Waals surface area contributed by atoms with Crippen molar-refractivity contribution in [2.45, 2.75) is 89.8 Å². The van der Waals surface area contributed by atoms with Gasteiger partial charge < -0.3 is 15.0 Å². The van der Waals surface area contributed by atoms with Crippen LogP contribution in [0.3, 0.4) is 0 Å². The van der Waals surface area contributed by atoms with E-state index in [1.54, 1.807) is 0 Å². The molecule has 0 saturated heterocycles. The highest BCUT2D eigenvalue weighted by Gasteiger charge is 2.21. The molecule has 0 bridgehead atoms. The van der Waals surface area contributed by atoms with Gasteiger partial charge in [-0.15, -0.1) is 0 Å². The molecule has 0 saturated carbocycles. The Morgan fingerprint density at radius 2 is 1.33 bits per heavy atom. The van der Waals surface area contributed by atoms with Gasteiger partial charge in [-0.3, -0.25) is 0 Å². The van der Waals surface area contributed by atoms with Crippen molar-refractivity contribution < 1.29 is 15.0 Å². The molecule has 0 aliphatic carbocycles. The first-order chi connectivity index (χ1) is 8.62. The van der Waals surface area contributed by atoms with Crippen molar-refractivity contribution >= 4 is 6.29 Å². The number of hydrogen-bond donors (Lipinski definition) is 2. The van der Waals surface area contributed by atoms with Crippen LogP contribution in [0.4, 0.5) is 0 Å². The summed E-state index contributed by atoms with van der Waals surface area (Å²) in [6.45, 7) is 2.22. The lowest BCUT2D eigenvalue weighted by atomic mass is 10.0. The Morgan fingerprint density at radius 3 is 1.83 bits per heavy atom. The monoisotopic (exact) mass is 258 g/mol. The number of carbonyl (C=O) groups is 1. The molecule has 0 spiro atoms. The highest BCUT2D eigenvalue weighted by Crippen LogP contribution is 2.18. The normalized spacial score (nSPS) is 11.7. The van der Waals surface area contributed by atoms with Crippen LogP contribution in [0.1, 0.15) is 84.0 Å². The maximum atomic E-state index is 10.2. The molecule has 0 aromatic rings. The molecule has 0 heterocycles. The molecule has 18 heavy (non-hydrogen) atoms. The molecule has 108 valence electrons. The summed E-state index contributed by atoms with van der Waals surface area (Å²) in [5.41, 5.74) is 0. The Morgan fingerprint density at radius 1 is 0.833 bits per heavy atom. The molecule has 0 rings (SSSR count). The van der Waals surface area contributed by atoms with Gasteiger partial charge in [0.2, 0.25) is 0 Å². The quantitative estimate of drug-likeness (QED) is 0.302. The molecule has 0 radical (unpaired) electrons. The molecule has 0 aromatic carbocycles. The van der Waals surface area contributed by atoms with Gasteiger partial charge in [-0.25, -0.2) is 0 Å². The summed E-state index contributed by atoms with van der Waals surface area (Å²) in [6, 6.07) is 0. The molecule has 0 aliphatic heterocycles. The van der Waals surface area contributed by atoms with Gasteiger partial charge in [0.25, 0.3) is 0 Å². The third-order valence-corrected chi connectivity index (χ3v) is 3.34. The van der Waals surface area contributed by atoms with E-state index in [1.807, 2.05) is 0 Å². The van der Waals surface area contributed by atoms with Crippen molar-refractivity contribution in [3.05, 3.63) is 0 Å². The van der Waals surface area contributed by atoms with Crippen LogP contribution < -0.4 is 0 Å². The van der Waals surface area contributed by atoms with Crippen molar-refractivity contribution in [2.75, 3.05) is 0 Å². The lowest BCUT2D eigenvalue weighted by molar-refractivity contribution is -0.172. The Labute approximate surface area is 112 Å². The minimum Gasteiger partial charge on any atom is -0.366 e. The zero-order valence-electron chi connectivity index (χ0n) is 11.9. The lowest BCUT2D eigenvalue weighted by Gasteiger charge is -2.20. The standard InChI is InChI=1S/C15H30O3/c1-2-3-4-5-6-7-8-9-10-12-15(17,18)13-11-14-16/h14,17-18H,2-13H2,1H3. The van der Waals surface area contributed by atoms with E-state index in [2.05, 4.69) is 6.92 Å². The summed E-state index contributed by atoms with van der Waals surface area (Å²) in [4.78, 5) is 10.2. The minimum absolute atomic E-state index is 0.160. The Balaban J connectivity index is 3.26. The summed E-state index contributed by atoms with van der Waals surface area (Å²) < 4.78 is 0. The lowest BCUT2D eigenvalue weighted by Crippen LogP contribution is -2.27. The van der Waals surface area contributed by atoms with Crippen LogP contribution in [0, 0.1) is 0 Å². The molecule has 0 aliphatic rings. The zero-order valence-corrected chi connectivity index (χ0v) is 11.9. The van der Waals surface area contributed by atoms with E-state index < -0.39 is 5.79 Å². The van der Waals surface area contributed by atoms with Crippen LogP contribution in [0.15, 0.2) is 0 Å². The van der Waals surface area contributed by atoms with Crippen molar-refractivity contribution in [2.24, 2.45) is 0 Å². The first-order valence-corrected chi connectivity index (χ1v) is 7.51. The number of rotatable bonds is 13. The first kappa shape index (κ1) is 17.6. The predicted octanol–water partition coefficient (Wildman–Crippen LogP) is 3.57. The highest BCUT2D eigenvalue weighted by molar-refractivity contribution is 5.49. The Bertz CT molecular complexity index is 190. The van der Waals surface area contributed by atoms with Crippen LogP contribution in [-0.4, -0.2) is 22.3 Å². The Hall–Kier alpha value is -0.410. The van der Waals surface area contributed by atoms with Crippen LogP contribution in [0.25, 0.3) is 0 Å². The predicted molar refractivity (Wildman–Crippen MR) is 74.3 cm³/mol. The molecule has 2 N–H and O–H groups in total. The molecule has 3 nitrogen and oxygen atoms in total. The molecule has 0 unspecified atom stereocenters. The number of unbranched alkanes of at least 4 members (excludes halogenated alkanes) is 8. The van der Waals surface area contributed by atoms with Crippen molar-refractivity contribution in [3.63, 3.8) is 0 Å². The van der Waals surface area contributed by atoms with E-state index in [9.17, 15) is 15.0 Å². The smallest absolute Gasteiger partial charge is 0.162 e. The number of aliphatic hydroxyl groups is 2. The van der Waals surface area contributed by atoms with Crippen LogP contribution in [-0.2, 0) is 4.79 Å². The first-order valence-electron chi connectivity index (χ1n) is 7.51. The van der Waals surface area contributed by atoms with Gasteiger partial charge in [-0.2, -0.15) is 0 Å². The van der Waals surface area contributed by atoms with E-state index in [0.29, 0.717) is 6.42 Å². The van der Waals surface area contributed by atoms with Gasteiger partial charge in [0.1, 0.15) is 6.29 Å². The second kappa shape index (κ2) is 11.7. The van der Waals surface area contributed by atoms with E-state index in [4.69, 9.17) is 0 Å². The van der Waals surface area contributed by atoms with Crippen LogP contribution in [0.2, 0.25) is 0 Å². The summed E-state index contributed by atoms with van der Waals surface area (Å²) in [7, 11) is 0. The highest BCUT2D eigenvalue weighted by atomic mass is 16.5. The summed E-state index contributed by atoms with van der Waals surface area (Å²) in [5, 5.41) is 19.1. The van der Waals surface area contributed by atoms with Crippen LogP contribution >= 0.6 is 0 Å². The van der Waals surface area contributed by atoms with Crippen molar-refractivity contribution in [3.8, 4) is 0 Å². The fraction of sp³-hybridized carbons (Fsp3) is 0.933. The average molecular weight is 258 g/mol. The average Bonchev–Trinajstić information content (AvgIpc) is 2.34. The fourth-order valence-electron chi connectivity index (χ4n) is 2.13. The van der Waals surface area contributed by atoms with Gasteiger partial charge >= 0.3 is 0 Å². The topological polar surface area (TPSA) is 57.5 Å². The maximum absolute atomic E-state index is 10.2. The fourth-order valence-corrected chi connectivity index (χ4v) is 2.13. The van der Waals surface area contributed by atoms with Gasteiger partial charge in [-0.05, 0) is 6.42 Å². The summed E-state index contributed by atoms with van der Waals surface area (Å²) >= 11 is 0. The van der Waals surface area contributed by atoms with Crippen molar-refractivity contribution in [1.82, 2.24) is 0 Å². The molecule has 0 aromatic heterocycles. The maximum Gasteiger partial charge on any atom is 0.162 e. The molecule has 3 heteroatoms. The second-order valence-electron chi connectivity index (χ2n) is 5.27. The number of hydrogen-bond acceptors (Lipinski definition) is 3. The second-order valence-corrected chi connectivity index (χ2v) is 5.27. The van der Waals surface area contributed by atoms with Gasteiger partial charge in [0.15, 0.2) is 5.79 Å². The molecular formula is C15H30O3. The van der Waals surface area contributed by atoms with E-state index in [-0.39, 0.29) is 12.8 Å². The van der Waals surface area contributed by atoms with Crippen molar-refractivity contribution in [1.29, 1.82) is 0 Å². The summed E-state index contributed by atoms with van der Waals surface area (Å²) in [6.07, 6.45) is 12.4. The third kappa shape index (κ3) is 12.1. The largest absolute Gasteiger partial charge is 0.366 e. The van der Waals surface area contributed by atoms with Crippen LogP contribution in [0.5, 0.6) is 0 Å². The summed E-state index contributed by atoms with van der Waals surface area (Å²) in [5.74, 6) is -1.64. The van der Waals surface area contributed by atoms with Gasteiger partial charge in [-0.1, -0.05) is 58.3 Å². The van der Waals surface area contributed by atoms with E-state index in [0.717, 1.165) is 19.1 Å². The van der Waals surface area contributed by atoms with E-state index in [1.165, 1.54) is 44.9 Å². The SMILES string of the molecule is CCCCCCCCCCCC(O)(O)CCC=O. The Kier molecular flexibility index (Phi) is 11.4. The van der Waals surface area contributed by atoms with Gasteiger partial charge in [0.05, 0.1) is 0 Å². The molecule has 0 atom stereocenters. The number of carbonyl (C=O) groups excluding carboxylic acids is 1.